The van der Waals surface area contributed by atoms with Crippen LogP contribution in [0, 0.1) is 11.8 Å². The van der Waals surface area contributed by atoms with Gasteiger partial charge in [-0.3, -0.25) is 0 Å². The Morgan fingerprint density at radius 3 is 2.39 bits per heavy atom. The lowest BCUT2D eigenvalue weighted by Crippen LogP contribution is -2.48. The molecule has 0 spiro atoms. The lowest BCUT2D eigenvalue weighted by atomic mass is 9.78. The summed E-state index contributed by atoms with van der Waals surface area (Å²) in [6, 6.07) is 0. The molecule has 0 bridgehead atoms. The van der Waals surface area contributed by atoms with Crippen molar-refractivity contribution in [2.45, 2.75) is 76.9 Å². The molecule has 2 nitrogen and oxygen atoms in total. The molecule has 0 radical (unpaired) electrons. The molecule has 2 aliphatic carbocycles. The van der Waals surface area contributed by atoms with Crippen molar-refractivity contribution in [3.63, 3.8) is 0 Å². The Bertz CT molecular complexity index is 243. The van der Waals surface area contributed by atoms with E-state index in [1.54, 1.807) is 0 Å². The number of ether oxygens (including phenoxy) is 1. The van der Waals surface area contributed by atoms with Crippen LogP contribution in [0.25, 0.3) is 0 Å². The van der Waals surface area contributed by atoms with Crippen LogP contribution < -0.4 is 5.32 Å². The summed E-state index contributed by atoms with van der Waals surface area (Å²) < 4.78 is 6.62. The smallest absolute Gasteiger partial charge is 0.0812 e. The van der Waals surface area contributed by atoms with Gasteiger partial charge in [-0.15, -0.1) is 0 Å². The van der Waals surface area contributed by atoms with Gasteiger partial charge in [-0.1, -0.05) is 26.7 Å². The van der Waals surface area contributed by atoms with Crippen LogP contribution in [-0.2, 0) is 4.74 Å². The standard InChI is InChI=1S/C16H31NO/c1-13-6-8-15(9-7-13)18-16(12-17-3)10-4-5-14(2)11-16/h13-15,17H,4-12H2,1-3H3. The maximum absolute atomic E-state index is 6.62. The number of likely N-dealkylation sites (N-methyl/N-ethyl adjacent to an activating group) is 1. The Labute approximate surface area is 113 Å². The summed E-state index contributed by atoms with van der Waals surface area (Å²) in [6.07, 6.45) is 11.0. The quantitative estimate of drug-likeness (QED) is 0.824. The molecule has 2 unspecified atom stereocenters. The third-order valence-corrected chi connectivity index (χ3v) is 4.93. The van der Waals surface area contributed by atoms with Crippen LogP contribution in [0.5, 0.6) is 0 Å². The van der Waals surface area contributed by atoms with Gasteiger partial charge in [0.05, 0.1) is 11.7 Å². The Morgan fingerprint density at radius 1 is 1.06 bits per heavy atom. The molecule has 2 atom stereocenters. The maximum Gasteiger partial charge on any atom is 0.0812 e. The van der Waals surface area contributed by atoms with Gasteiger partial charge >= 0.3 is 0 Å². The first-order valence-electron chi connectivity index (χ1n) is 7.96. The SMILES string of the molecule is CNCC1(OC2CCC(C)CC2)CCCC(C)C1. The predicted molar refractivity (Wildman–Crippen MR) is 76.8 cm³/mol. The largest absolute Gasteiger partial charge is 0.370 e. The van der Waals surface area contributed by atoms with Crippen LogP contribution in [0.15, 0.2) is 0 Å². The molecule has 0 aromatic rings. The van der Waals surface area contributed by atoms with Crippen molar-refractivity contribution < 1.29 is 4.74 Å². The molecule has 0 saturated heterocycles. The van der Waals surface area contributed by atoms with Crippen molar-refractivity contribution in [1.29, 1.82) is 0 Å². The van der Waals surface area contributed by atoms with Crippen LogP contribution in [0.4, 0.5) is 0 Å². The summed E-state index contributed by atoms with van der Waals surface area (Å²) in [4.78, 5) is 0. The highest BCUT2D eigenvalue weighted by Gasteiger charge is 2.38. The second-order valence-electron chi connectivity index (χ2n) is 6.91. The highest BCUT2D eigenvalue weighted by Crippen LogP contribution is 2.38. The molecule has 2 aliphatic rings. The maximum atomic E-state index is 6.62. The van der Waals surface area contributed by atoms with E-state index in [1.807, 2.05) is 0 Å². The molecule has 18 heavy (non-hydrogen) atoms. The zero-order chi connectivity index (χ0) is 13.0. The van der Waals surface area contributed by atoms with E-state index in [-0.39, 0.29) is 5.60 Å². The molecule has 106 valence electrons. The van der Waals surface area contributed by atoms with Gasteiger partial charge in [0.15, 0.2) is 0 Å². The Hall–Kier alpha value is -0.0800. The monoisotopic (exact) mass is 253 g/mol. The summed E-state index contributed by atoms with van der Waals surface area (Å²) >= 11 is 0. The lowest BCUT2D eigenvalue weighted by Gasteiger charge is -2.43. The average Bonchev–Trinajstić information content (AvgIpc) is 2.32. The van der Waals surface area contributed by atoms with E-state index in [2.05, 4.69) is 26.2 Å². The van der Waals surface area contributed by atoms with E-state index in [0.29, 0.717) is 6.10 Å². The molecular weight excluding hydrogens is 222 g/mol. The molecule has 2 heteroatoms. The van der Waals surface area contributed by atoms with Crippen LogP contribution in [0.1, 0.15) is 65.2 Å². The van der Waals surface area contributed by atoms with Crippen LogP contribution >= 0.6 is 0 Å². The third-order valence-electron chi connectivity index (χ3n) is 4.93. The second kappa shape index (κ2) is 6.38. The van der Waals surface area contributed by atoms with Crippen LogP contribution in [0.3, 0.4) is 0 Å². The molecule has 2 fully saturated rings. The van der Waals surface area contributed by atoms with Crippen molar-refractivity contribution in [1.82, 2.24) is 5.32 Å². The molecule has 2 saturated carbocycles. The highest BCUT2D eigenvalue weighted by atomic mass is 16.5. The Balaban J connectivity index is 1.92. The van der Waals surface area contributed by atoms with Gasteiger partial charge in [0.25, 0.3) is 0 Å². The van der Waals surface area contributed by atoms with Crippen molar-refractivity contribution in [3.05, 3.63) is 0 Å². The zero-order valence-corrected chi connectivity index (χ0v) is 12.5. The van der Waals surface area contributed by atoms with E-state index in [4.69, 9.17) is 4.74 Å². The molecule has 0 aromatic heterocycles. The summed E-state index contributed by atoms with van der Waals surface area (Å²) in [6.45, 7) is 5.79. The van der Waals surface area contributed by atoms with Crippen molar-refractivity contribution >= 4 is 0 Å². The minimum absolute atomic E-state index is 0.137. The fraction of sp³-hybridized carbons (Fsp3) is 1.00. The van der Waals surface area contributed by atoms with E-state index < -0.39 is 0 Å². The molecule has 0 aliphatic heterocycles. The molecule has 0 amide bonds. The summed E-state index contributed by atoms with van der Waals surface area (Å²) in [5.41, 5.74) is 0.137. The van der Waals surface area contributed by atoms with Gasteiger partial charge in [-0.05, 0) is 57.4 Å². The molecule has 0 aromatic carbocycles. The summed E-state index contributed by atoms with van der Waals surface area (Å²) in [5.74, 6) is 1.74. The average molecular weight is 253 g/mol. The first kappa shape index (κ1) is 14.3. The van der Waals surface area contributed by atoms with Gasteiger partial charge in [-0.25, -0.2) is 0 Å². The molecule has 1 N–H and O–H groups in total. The lowest BCUT2D eigenvalue weighted by molar-refractivity contribution is -0.131. The number of hydrogen-bond donors (Lipinski definition) is 1. The predicted octanol–water partition coefficient (Wildman–Crippen LogP) is 3.75. The van der Waals surface area contributed by atoms with Crippen LogP contribution in [-0.4, -0.2) is 25.3 Å². The van der Waals surface area contributed by atoms with Gasteiger partial charge in [0, 0.05) is 6.54 Å². The number of hydrogen-bond acceptors (Lipinski definition) is 2. The molecular formula is C16H31NO. The second-order valence-corrected chi connectivity index (χ2v) is 6.91. The fourth-order valence-electron chi connectivity index (χ4n) is 3.94. The Kier molecular flexibility index (Phi) is 5.08. The molecule has 0 heterocycles. The number of rotatable bonds is 4. The van der Waals surface area contributed by atoms with Gasteiger partial charge in [0.1, 0.15) is 0 Å². The van der Waals surface area contributed by atoms with Gasteiger partial charge in [-0.2, -0.15) is 0 Å². The van der Waals surface area contributed by atoms with Crippen molar-refractivity contribution in [2.75, 3.05) is 13.6 Å². The minimum atomic E-state index is 0.137. The van der Waals surface area contributed by atoms with Gasteiger partial charge < -0.3 is 10.1 Å². The molecule has 2 rings (SSSR count). The fourth-order valence-corrected chi connectivity index (χ4v) is 3.94. The van der Waals surface area contributed by atoms with Crippen molar-refractivity contribution in [2.24, 2.45) is 11.8 Å². The van der Waals surface area contributed by atoms with E-state index in [1.165, 1.54) is 51.4 Å². The first-order valence-corrected chi connectivity index (χ1v) is 7.96. The summed E-state index contributed by atoms with van der Waals surface area (Å²) in [5, 5.41) is 3.37. The minimum Gasteiger partial charge on any atom is -0.370 e. The van der Waals surface area contributed by atoms with E-state index in [0.717, 1.165) is 18.4 Å². The Morgan fingerprint density at radius 2 is 1.78 bits per heavy atom. The summed E-state index contributed by atoms with van der Waals surface area (Å²) in [7, 11) is 2.06. The highest BCUT2D eigenvalue weighted by molar-refractivity contribution is 4.90. The number of nitrogens with one attached hydrogen (secondary N) is 1. The zero-order valence-electron chi connectivity index (χ0n) is 12.5. The third kappa shape index (κ3) is 3.71. The van der Waals surface area contributed by atoms with E-state index >= 15 is 0 Å². The van der Waals surface area contributed by atoms with Gasteiger partial charge in [0.2, 0.25) is 0 Å². The van der Waals surface area contributed by atoms with Crippen molar-refractivity contribution in [3.8, 4) is 0 Å². The topological polar surface area (TPSA) is 21.3 Å². The van der Waals surface area contributed by atoms with Crippen LogP contribution in [0.2, 0.25) is 0 Å². The van der Waals surface area contributed by atoms with E-state index in [9.17, 15) is 0 Å². The normalized spacial score (nSPS) is 41.8. The first-order chi connectivity index (χ1) is 8.63.